The largest absolute Gasteiger partial charge is 0.416 e. The van der Waals surface area contributed by atoms with Crippen LogP contribution in [-0.2, 0) is 15.7 Å². The summed E-state index contributed by atoms with van der Waals surface area (Å²) in [6.07, 6.45) is -1.27. The third-order valence-electron chi connectivity index (χ3n) is 5.60. The van der Waals surface area contributed by atoms with Crippen LogP contribution in [0.4, 0.5) is 24.5 Å². The van der Waals surface area contributed by atoms with Gasteiger partial charge >= 0.3 is 6.18 Å². The second-order valence-electron chi connectivity index (χ2n) is 8.03. The van der Waals surface area contributed by atoms with Crippen LogP contribution in [0.25, 0.3) is 5.69 Å². The number of nitrogens with zero attached hydrogens (tertiary/aromatic N) is 4. The fraction of sp³-hybridized carbons (Fsp3) is 0.292. The van der Waals surface area contributed by atoms with Gasteiger partial charge in [-0.1, -0.05) is 12.1 Å². The van der Waals surface area contributed by atoms with Crippen molar-refractivity contribution in [3.05, 3.63) is 72.1 Å². The maximum absolute atomic E-state index is 13.1. The van der Waals surface area contributed by atoms with Crippen molar-refractivity contribution in [3.63, 3.8) is 0 Å². The van der Waals surface area contributed by atoms with E-state index in [0.717, 1.165) is 12.1 Å². The first-order chi connectivity index (χ1) is 16.7. The number of ether oxygens (including phenoxy) is 1. The second kappa shape index (κ2) is 10.2. The number of amides is 2. The van der Waals surface area contributed by atoms with E-state index in [2.05, 4.69) is 10.4 Å². The van der Waals surface area contributed by atoms with Gasteiger partial charge in [0.15, 0.2) is 0 Å². The number of benzene rings is 2. The minimum atomic E-state index is -4.40. The Balaban J connectivity index is 1.40. The fourth-order valence-corrected chi connectivity index (χ4v) is 3.87. The summed E-state index contributed by atoms with van der Waals surface area (Å²) >= 11 is 0. The zero-order chi connectivity index (χ0) is 25.0. The van der Waals surface area contributed by atoms with Crippen molar-refractivity contribution in [3.8, 4) is 5.69 Å². The minimum absolute atomic E-state index is 0.0732. The Morgan fingerprint density at radius 1 is 1.03 bits per heavy atom. The second-order valence-corrected chi connectivity index (χ2v) is 8.03. The van der Waals surface area contributed by atoms with E-state index in [0.29, 0.717) is 48.8 Å². The summed E-state index contributed by atoms with van der Waals surface area (Å²) in [6.45, 7) is 1.55. The van der Waals surface area contributed by atoms with Gasteiger partial charge in [0.2, 0.25) is 5.91 Å². The molecule has 1 saturated heterocycles. The van der Waals surface area contributed by atoms with Crippen molar-refractivity contribution >= 4 is 23.2 Å². The molecule has 2 heterocycles. The van der Waals surface area contributed by atoms with Gasteiger partial charge in [-0.3, -0.25) is 9.59 Å². The van der Waals surface area contributed by atoms with Crippen molar-refractivity contribution < 1.29 is 27.5 Å². The highest BCUT2D eigenvalue weighted by atomic mass is 19.4. The van der Waals surface area contributed by atoms with Gasteiger partial charge in [-0.25, -0.2) is 4.68 Å². The molecule has 1 aliphatic heterocycles. The molecule has 1 aliphatic rings. The summed E-state index contributed by atoms with van der Waals surface area (Å²) in [5.41, 5.74) is 1.40. The number of piperazine rings is 1. The number of carbonyl (C=O) groups is 2. The van der Waals surface area contributed by atoms with Gasteiger partial charge in [-0.2, -0.15) is 18.3 Å². The maximum atomic E-state index is 13.1. The number of rotatable bonds is 6. The van der Waals surface area contributed by atoms with Gasteiger partial charge in [-0.15, -0.1) is 0 Å². The highest BCUT2D eigenvalue weighted by molar-refractivity contribution is 5.95. The van der Waals surface area contributed by atoms with E-state index >= 15 is 0 Å². The van der Waals surface area contributed by atoms with Gasteiger partial charge in [-0.05, 0) is 36.4 Å². The molecule has 1 aromatic heterocycles. The number of anilines is 2. The minimum Gasteiger partial charge on any atom is -0.375 e. The summed E-state index contributed by atoms with van der Waals surface area (Å²) in [7, 11) is 1.43. The summed E-state index contributed by atoms with van der Waals surface area (Å²) in [6, 6.07) is 12.2. The number of hydrogen-bond donors (Lipinski definition) is 1. The summed E-state index contributed by atoms with van der Waals surface area (Å²) in [5.74, 6) is -0.475. The molecule has 0 spiro atoms. The molecule has 0 atom stereocenters. The topological polar surface area (TPSA) is 79.7 Å². The molecule has 35 heavy (non-hydrogen) atoms. The number of carbonyl (C=O) groups excluding carboxylic acids is 2. The molecule has 1 fully saturated rings. The first kappa shape index (κ1) is 24.3. The fourth-order valence-electron chi connectivity index (χ4n) is 3.87. The number of nitrogens with one attached hydrogen (secondary N) is 1. The van der Waals surface area contributed by atoms with E-state index in [1.807, 2.05) is 4.90 Å². The van der Waals surface area contributed by atoms with E-state index in [-0.39, 0.29) is 18.4 Å². The Bertz CT molecular complexity index is 1200. The van der Waals surface area contributed by atoms with Crippen molar-refractivity contribution in [2.75, 3.05) is 50.1 Å². The lowest BCUT2D eigenvalue weighted by Gasteiger charge is -2.36. The highest BCUT2D eigenvalue weighted by Crippen LogP contribution is 2.32. The molecule has 184 valence electrons. The Morgan fingerprint density at radius 3 is 2.46 bits per heavy atom. The van der Waals surface area contributed by atoms with Gasteiger partial charge in [0, 0.05) is 44.5 Å². The number of aromatic nitrogens is 2. The molecule has 0 radical (unpaired) electrons. The molecule has 11 heteroatoms. The first-order valence-electron chi connectivity index (χ1n) is 10.9. The summed E-state index contributed by atoms with van der Waals surface area (Å²) in [4.78, 5) is 28.3. The third-order valence-corrected chi connectivity index (χ3v) is 5.60. The predicted molar refractivity (Wildman–Crippen MR) is 124 cm³/mol. The monoisotopic (exact) mass is 487 g/mol. The molecule has 0 saturated carbocycles. The SMILES string of the molecule is COCC(=O)Nc1cnn(-c2cccc(C(=O)N3CCN(c4cccc(C(F)(F)F)c4)CC3)c2)c1. The molecule has 2 amide bonds. The number of halogens is 3. The lowest BCUT2D eigenvalue weighted by atomic mass is 10.1. The molecular formula is C24H24F3N5O3. The average molecular weight is 487 g/mol. The third kappa shape index (κ3) is 5.80. The van der Waals surface area contributed by atoms with E-state index < -0.39 is 11.7 Å². The lowest BCUT2D eigenvalue weighted by Crippen LogP contribution is -2.48. The van der Waals surface area contributed by atoms with Gasteiger partial charge in [0.25, 0.3) is 5.91 Å². The summed E-state index contributed by atoms with van der Waals surface area (Å²) in [5, 5.41) is 6.89. The van der Waals surface area contributed by atoms with Crippen LogP contribution in [0, 0.1) is 0 Å². The van der Waals surface area contributed by atoms with Crippen molar-refractivity contribution in [1.82, 2.24) is 14.7 Å². The Hall–Kier alpha value is -3.86. The van der Waals surface area contributed by atoms with Crippen LogP contribution in [-0.4, -0.2) is 66.4 Å². The van der Waals surface area contributed by atoms with Crippen LogP contribution < -0.4 is 10.2 Å². The van der Waals surface area contributed by atoms with E-state index in [1.54, 1.807) is 46.1 Å². The average Bonchev–Trinajstić information content (AvgIpc) is 3.32. The molecule has 0 unspecified atom stereocenters. The Morgan fingerprint density at radius 2 is 1.74 bits per heavy atom. The number of hydrogen-bond acceptors (Lipinski definition) is 5. The van der Waals surface area contributed by atoms with Crippen LogP contribution in [0.3, 0.4) is 0 Å². The number of methoxy groups -OCH3 is 1. The van der Waals surface area contributed by atoms with Crippen molar-refractivity contribution in [1.29, 1.82) is 0 Å². The molecule has 0 aliphatic carbocycles. The Kier molecular flexibility index (Phi) is 7.06. The molecule has 3 aromatic rings. The summed E-state index contributed by atoms with van der Waals surface area (Å²) < 4.78 is 45.4. The number of alkyl halides is 3. The lowest BCUT2D eigenvalue weighted by molar-refractivity contribution is -0.137. The Labute approximate surface area is 199 Å². The van der Waals surface area contributed by atoms with Crippen LogP contribution >= 0.6 is 0 Å². The van der Waals surface area contributed by atoms with Gasteiger partial charge < -0.3 is 19.9 Å². The smallest absolute Gasteiger partial charge is 0.375 e. The quantitative estimate of drug-likeness (QED) is 0.576. The van der Waals surface area contributed by atoms with Crippen molar-refractivity contribution in [2.45, 2.75) is 6.18 Å². The van der Waals surface area contributed by atoms with E-state index in [4.69, 9.17) is 4.74 Å². The predicted octanol–water partition coefficient (Wildman–Crippen LogP) is 3.44. The zero-order valence-corrected chi connectivity index (χ0v) is 19.0. The maximum Gasteiger partial charge on any atom is 0.416 e. The zero-order valence-electron chi connectivity index (χ0n) is 19.0. The molecule has 1 N–H and O–H groups in total. The molecule has 4 rings (SSSR count). The van der Waals surface area contributed by atoms with Gasteiger partial charge in [0.05, 0.1) is 29.3 Å². The van der Waals surface area contributed by atoms with Crippen LogP contribution in [0.2, 0.25) is 0 Å². The van der Waals surface area contributed by atoms with Crippen LogP contribution in [0.1, 0.15) is 15.9 Å². The molecule has 0 bridgehead atoms. The van der Waals surface area contributed by atoms with Crippen LogP contribution in [0.15, 0.2) is 60.9 Å². The van der Waals surface area contributed by atoms with Crippen LogP contribution in [0.5, 0.6) is 0 Å². The normalized spacial score (nSPS) is 14.2. The molecular weight excluding hydrogens is 463 g/mol. The first-order valence-corrected chi connectivity index (χ1v) is 10.9. The van der Waals surface area contributed by atoms with Crippen molar-refractivity contribution in [2.24, 2.45) is 0 Å². The molecule has 8 nitrogen and oxygen atoms in total. The standard InChI is InChI=1S/C24H24F3N5O3/c1-35-16-22(33)29-19-14-28-32(15-19)21-7-2-4-17(12-21)23(34)31-10-8-30(9-11-31)20-6-3-5-18(13-20)24(25,26)27/h2-7,12-15H,8-11,16H2,1H3,(H,29,33). The van der Waals surface area contributed by atoms with E-state index in [1.165, 1.54) is 19.4 Å². The van der Waals surface area contributed by atoms with E-state index in [9.17, 15) is 22.8 Å². The van der Waals surface area contributed by atoms with Gasteiger partial charge in [0.1, 0.15) is 6.61 Å². The highest BCUT2D eigenvalue weighted by Gasteiger charge is 2.31. The molecule has 2 aromatic carbocycles.